The molecule has 0 aliphatic heterocycles. The van der Waals surface area contributed by atoms with Crippen LogP contribution in [0.3, 0.4) is 0 Å². The van der Waals surface area contributed by atoms with Crippen molar-refractivity contribution in [2.75, 3.05) is 0 Å². The maximum atomic E-state index is 4.31. The van der Waals surface area contributed by atoms with Crippen LogP contribution in [0.2, 0.25) is 0 Å². The van der Waals surface area contributed by atoms with E-state index in [0.717, 1.165) is 11.4 Å². The summed E-state index contributed by atoms with van der Waals surface area (Å²) in [5.41, 5.74) is 4.90. The molecule has 1 heterocycles. The summed E-state index contributed by atoms with van der Waals surface area (Å²) in [6.07, 6.45) is 0. The quantitative estimate of drug-likeness (QED) is 0.718. The molecule has 0 amide bonds. The largest absolute Gasteiger partial charge is 0.155 e. The van der Waals surface area contributed by atoms with Crippen molar-refractivity contribution in [1.82, 2.24) is 10.2 Å². The van der Waals surface area contributed by atoms with Gasteiger partial charge in [0.25, 0.3) is 0 Å². The number of hydrogen-bond donors (Lipinski definition) is 0. The third-order valence-corrected chi connectivity index (χ3v) is 2.65. The Morgan fingerprint density at radius 1 is 0.857 bits per heavy atom. The molecule has 1 aromatic rings. The molecule has 0 unspecified atom stereocenters. The lowest BCUT2D eigenvalue weighted by molar-refractivity contribution is 0.713. The molecular formula is C12H20N2. The second-order valence-electron chi connectivity index (χ2n) is 4.52. The average Bonchev–Trinajstić information content (AvgIpc) is 2.08. The van der Waals surface area contributed by atoms with Gasteiger partial charge in [0.2, 0.25) is 0 Å². The Morgan fingerprint density at radius 2 is 1.43 bits per heavy atom. The van der Waals surface area contributed by atoms with Crippen LogP contribution < -0.4 is 0 Å². The summed E-state index contributed by atoms with van der Waals surface area (Å²) >= 11 is 0. The number of aryl methyl sites for hydroxylation is 1. The lowest BCUT2D eigenvalue weighted by Gasteiger charge is -2.17. The van der Waals surface area contributed by atoms with Gasteiger partial charge in [-0.3, -0.25) is 0 Å². The van der Waals surface area contributed by atoms with Crippen molar-refractivity contribution in [3.63, 3.8) is 0 Å². The van der Waals surface area contributed by atoms with Crippen LogP contribution in [0.5, 0.6) is 0 Å². The van der Waals surface area contributed by atoms with Gasteiger partial charge in [-0.1, -0.05) is 27.7 Å². The minimum atomic E-state index is 0.458. The van der Waals surface area contributed by atoms with Crippen LogP contribution in [-0.2, 0) is 0 Å². The molecule has 0 bridgehead atoms. The minimum Gasteiger partial charge on any atom is -0.155 e. The van der Waals surface area contributed by atoms with Crippen LogP contribution >= 0.6 is 0 Å². The Hall–Kier alpha value is -0.920. The molecule has 0 saturated heterocycles. The highest BCUT2D eigenvalue weighted by Gasteiger charge is 2.16. The van der Waals surface area contributed by atoms with Crippen molar-refractivity contribution in [2.24, 2.45) is 0 Å². The predicted molar refractivity (Wildman–Crippen MR) is 59.7 cm³/mol. The minimum absolute atomic E-state index is 0.458. The lowest BCUT2D eigenvalue weighted by atomic mass is 9.91. The van der Waals surface area contributed by atoms with Crippen LogP contribution in [0.1, 0.15) is 62.0 Å². The van der Waals surface area contributed by atoms with Crippen molar-refractivity contribution in [3.05, 3.63) is 22.5 Å². The summed E-state index contributed by atoms with van der Waals surface area (Å²) < 4.78 is 0. The Morgan fingerprint density at radius 3 is 1.86 bits per heavy atom. The highest BCUT2D eigenvalue weighted by atomic mass is 15.1. The van der Waals surface area contributed by atoms with Crippen LogP contribution in [0.4, 0.5) is 0 Å². The zero-order valence-corrected chi connectivity index (χ0v) is 10.0. The topological polar surface area (TPSA) is 25.8 Å². The van der Waals surface area contributed by atoms with Gasteiger partial charge in [0, 0.05) is 0 Å². The first-order chi connectivity index (χ1) is 6.45. The lowest BCUT2D eigenvalue weighted by Crippen LogP contribution is -2.08. The molecule has 0 saturated carbocycles. The normalized spacial score (nSPS) is 11.4. The molecule has 0 atom stereocenters. The van der Waals surface area contributed by atoms with Gasteiger partial charge in [-0.25, -0.2) is 0 Å². The van der Waals surface area contributed by atoms with Crippen LogP contribution in [0.15, 0.2) is 0 Å². The van der Waals surface area contributed by atoms with Gasteiger partial charge in [-0.15, -0.1) is 0 Å². The third-order valence-electron chi connectivity index (χ3n) is 2.65. The fraction of sp³-hybridized carbons (Fsp3) is 0.667. The molecule has 0 aliphatic rings. The predicted octanol–water partition coefficient (Wildman–Crippen LogP) is 3.34. The fourth-order valence-corrected chi connectivity index (χ4v) is 1.80. The van der Waals surface area contributed by atoms with Gasteiger partial charge in [-0.2, -0.15) is 10.2 Å². The Balaban J connectivity index is 3.38. The van der Waals surface area contributed by atoms with Crippen LogP contribution in [0, 0.1) is 13.8 Å². The van der Waals surface area contributed by atoms with E-state index in [-0.39, 0.29) is 0 Å². The molecule has 1 rings (SSSR count). The van der Waals surface area contributed by atoms with E-state index in [2.05, 4.69) is 44.8 Å². The van der Waals surface area contributed by atoms with Gasteiger partial charge in [-0.05, 0) is 36.8 Å². The number of rotatable bonds is 2. The van der Waals surface area contributed by atoms with Gasteiger partial charge in [0.05, 0.1) is 11.4 Å². The van der Waals surface area contributed by atoms with E-state index in [1.54, 1.807) is 0 Å². The van der Waals surface area contributed by atoms with Crippen LogP contribution in [0.25, 0.3) is 0 Å². The Kier molecular flexibility index (Phi) is 3.25. The van der Waals surface area contributed by atoms with Gasteiger partial charge >= 0.3 is 0 Å². The van der Waals surface area contributed by atoms with Crippen LogP contribution in [-0.4, -0.2) is 10.2 Å². The van der Waals surface area contributed by atoms with E-state index in [1.165, 1.54) is 11.1 Å². The number of aromatic nitrogens is 2. The second-order valence-corrected chi connectivity index (χ2v) is 4.52. The van der Waals surface area contributed by atoms with Crippen molar-refractivity contribution in [2.45, 2.75) is 53.4 Å². The molecule has 0 fully saturated rings. The summed E-state index contributed by atoms with van der Waals surface area (Å²) in [6, 6.07) is 0. The third kappa shape index (κ3) is 1.94. The second kappa shape index (κ2) is 4.07. The Labute approximate surface area is 86.8 Å². The maximum absolute atomic E-state index is 4.31. The molecule has 14 heavy (non-hydrogen) atoms. The average molecular weight is 192 g/mol. The molecule has 78 valence electrons. The smallest absolute Gasteiger partial charge is 0.0693 e. The zero-order valence-electron chi connectivity index (χ0n) is 10.0. The first kappa shape index (κ1) is 11.2. The number of hydrogen-bond acceptors (Lipinski definition) is 2. The Bertz CT molecular complexity index is 327. The van der Waals surface area contributed by atoms with Crippen molar-refractivity contribution >= 4 is 0 Å². The molecule has 2 nitrogen and oxygen atoms in total. The van der Waals surface area contributed by atoms with E-state index in [1.807, 2.05) is 6.92 Å². The molecule has 0 aromatic carbocycles. The molecule has 0 aliphatic carbocycles. The van der Waals surface area contributed by atoms with Gasteiger partial charge in [0.15, 0.2) is 0 Å². The molecular weight excluding hydrogens is 172 g/mol. The monoisotopic (exact) mass is 192 g/mol. The van der Waals surface area contributed by atoms with Crippen molar-refractivity contribution in [1.29, 1.82) is 0 Å². The summed E-state index contributed by atoms with van der Waals surface area (Å²) in [6.45, 7) is 12.9. The molecule has 0 radical (unpaired) electrons. The summed E-state index contributed by atoms with van der Waals surface area (Å²) in [4.78, 5) is 0. The van der Waals surface area contributed by atoms with Gasteiger partial charge in [0.1, 0.15) is 0 Å². The first-order valence-corrected chi connectivity index (χ1v) is 5.28. The molecule has 2 heteroatoms. The zero-order chi connectivity index (χ0) is 10.9. The summed E-state index contributed by atoms with van der Waals surface area (Å²) in [7, 11) is 0. The van der Waals surface area contributed by atoms with E-state index in [0.29, 0.717) is 11.8 Å². The number of nitrogens with zero attached hydrogens (tertiary/aromatic N) is 2. The van der Waals surface area contributed by atoms with E-state index < -0.39 is 0 Å². The van der Waals surface area contributed by atoms with Crippen molar-refractivity contribution in [3.8, 4) is 0 Å². The molecule has 0 N–H and O–H groups in total. The van der Waals surface area contributed by atoms with E-state index in [4.69, 9.17) is 0 Å². The van der Waals surface area contributed by atoms with Crippen molar-refractivity contribution < 1.29 is 0 Å². The van der Waals surface area contributed by atoms with E-state index in [9.17, 15) is 0 Å². The SMILES string of the molecule is Cc1nnc(C(C)C)c(C(C)C)c1C. The highest BCUT2D eigenvalue weighted by Crippen LogP contribution is 2.27. The molecule has 1 aromatic heterocycles. The molecule has 0 spiro atoms. The van der Waals surface area contributed by atoms with Gasteiger partial charge < -0.3 is 0 Å². The standard InChI is InChI=1S/C12H20N2/c1-7(2)11-9(5)10(6)13-14-12(11)8(3)4/h7-8H,1-6H3. The fourth-order valence-electron chi connectivity index (χ4n) is 1.80. The summed E-state index contributed by atoms with van der Waals surface area (Å²) in [5, 5.41) is 8.50. The maximum Gasteiger partial charge on any atom is 0.0693 e. The first-order valence-electron chi connectivity index (χ1n) is 5.28. The summed E-state index contributed by atoms with van der Waals surface area (Å²) in [5.74, 6) is 0.987. The van der Waals surface area contributed by atoms with E-state index >= 15 is 0 Å². The highest BCUT2D eigenvalue weighted by molar-refractivity contribution is 5.35.